The van der Waals surface area contributed by atoms with E-state index in [1.807, 2.05) is 11.8 Å². The molecule has 0 unspecified atom stereocenters. The highest BCUT2D eigenvalue weighted by molar-refractivity contribution is 7.99. The molecule has 1 aliphatic rings. The molecule has 0 bridgehead atoms. The third-order valence-electron chi connectivity index (χ3n) is 4.38. The highest BCUT2D eigenvalue weighted by Crippen LogP contribution is 2.38. The van der Waals surface area contributed by atoms with Crippen LogP contribution >= 0.6 is 11.8 Å². The summed E-state index contributed by atoms with van der Waals surface area (Å²) in [6.07, 6.45) is 5.37. The van der Waals surface area contributed by atoms with Gasteiger partial charge in [0.25, 0.3) is 0 Å². The molecule has 22 heavy (non-hydrogen) atoms. The second-order valence-electron chi connectivity index (χ2n) is 6.11. The van der Waals surface area contributed by atoms with E-state index >= 15 is 0 Å². The maximum atomic E-state index is 11.3. The molecule has 2 aromatic carbocycles. The average Bonchev–Trinajstić information content (AvgIpc) is 2.53. The van der Waals surface area contributed by atoms with Gasteiger partial charge >= 0.3 is 0 Å². The van der Waals surface area contributed by atoms with Crippen LogP contribution in [0, 0.1) is 0 Å². The third kappa shape index (κ3) is 3.80. The van der Waals surface area contributed by atoms with Crippen LogP contribution < -0.4 is 0 Å². The van der Waals surface area contributed by atoms with Crippen LogP contribution in [-0.2, 0) is 11.2 Å². The first-order valence-electron chi connectivity index (χ1n) is 8.07. The fraction of sp³-hybridized carbons (Fsp3) is 0.350. The summed E-state index contributed by atoms with van der Waals surface area (Å²) >= 11 is 1.83. The van der Waals surface area contributed by atoms with Gasteiger partial charge in [-0.25, -0.2) is 0 Å². The van der Waals surface area contributed by atoms with Crippen LogP contribution in [0.3, 0.4) is 0 Å². The molecule has 0 spiro atoms. The van der Waals surface area contributed by atoms with E-state index in [0.717, 1.165) is 6.42 Å². The SMILES string of the molecule is CC(=O)CC[C@@H]1CCCc2cc(Sc3ccccc3)ccc21. The monoisotopic (exact) mass is 310 g/mol. The Morgan fingerprint density at radius 2 is 1.95 bits per heavy atom. The molecule has 0 N–H and O–H groups in total. The van der Waals surface area contributed by atoms with Crippen LogP contribution in [0.15, 0.2) is 58.3 Å². The first kappa shape index (κ1) is 15.4. The van der Waals surface area contributed by atoms with Gasteiger partial charge in [-0.05, 0) is 73.9 Å². The zero-order chi connectivity index (χ0) is 15.4. The van der Waals surface area contributed by atoms with Crippen molar-refractivity contribution in [3.63, 3.8) is 0 Å². The lowest BCUT2D eigenvalue weighted by Crippen LogP contribution is -2.11. The largest absolute Gasteiger partial charge is 0.300 e. The van der Waals surface area contributed by atoms with Crippen molar-refractivity contribution < 1.29 is 4.79 Å². The van der Waals surface area contributed by atoms with Crippen molar-refractivity contribution in [2.24, 2.45) is 0 Å². The van der Waals surface area contributed by atoms with E-state index in [0.29, 0.717) is 18.1 Å². The quantitative estimate of drug-likeness (QED) is 0.712. The van der Waals surface area contributed by atoms with Crippen LogP contribution in [0.25, 0.3) is 0 Å². The Morgan fingerprint density at radius 1 is 1.14 bits per heavy atom. The Kier molecular flexibility index (Phi) is 4.99. The maximum Gasteiger partial charge on any atom is 0.129 e. The Morgan fingerprint density at radius 3 is 2.73 bits per heavy atom. The van der Waals surface area contributed by atoms with E-state index in [1.54, 1.807) is 6.92 Å². The van der Waals surface area contributed by atoms with Crippen molar-refractivity contribution in [2.45, 2.75) is 54.7 Å². The lowest BCUT2D eigenvalue weighted by molar-refractivity contribution is -0.117. The smallest absolute Gasteiger partial charge is 0.129 e. The fourth-order valence-electron chi connectivity index (χ4n) is 3.26. The highest BCUT2D eigenvalue weighted by Gasteiger charge is 2.20. The van der Waals surface area contributed by atoms with Gasteiger partial charge in [-0.3, -0.25) is 0 Å². The number of fused-ring (bicyclic) bond motifs is 1. The minimum atomic E-state index is 0.309. The van der Waals surface area contributed by atoms with Gasteiger partial charge in [-0.1, -0.05) is 36.0 Å². The number of hydrogen-bond donors (Lipinski definition) is 0. The Bertz CT molecular complexity index is 648. The van der Waals surface area contributed by atoms with E-state index in [1.165, 1.54) is 40.2 Å². The van der Waals surface area contributed by atoms with Gasteiger partial charge in [-0.2, -0.15) is 0 Å². The number of benzene rings is 2. The van der Waals surface area contributed by atoms with Gasteiger partial charge in [0.05, 0.1) is 0 Å². The Labute approximate surface area is 137 Å². The van der Waals surface area contributed by atoms with Crippen molar-refractivity contribution in [3.05, 3.63) is 59.7 Å². The molecule has 1 aliphatic carbocycles. The van der Waals surface area contributed by atoms with Gasteiger partial charge in [-0.15, -0.1) is 0 Å². The second kappa shape index (κ2) is 7.15. The summed E-state index contributed by atoms with van der Waals surface area (Å²) in [6, 6.07) is 17.4. The van der Waals surface area contributed by atoms with Gasteiger partial charge in [0.1, 0.15) is 5.78 Å². The molecule has 0 aromatic heterocycles. The first-order chi connectivity index (χ1) is 10.7. The number of aryl methyl sites for hydroxylation is 1. The minimum Gasteiger partial charge on any atom is -0.300 e. The second-order valence-corrected chi connectivity index (χ2v) is 7.25. The Balaban J connectivity index is 1.76. The molecule has 1 atom stereocenters. The van der Waals surface area contributed by atoms with E-state index in [2.05, 4.69) is 48.5 Å². The van der Waals surface area contributed by atoms with Gasteiger partial charge in [0, 0.05) is 16.2 Å². The lowest BCUT2D eigenvalue weighted by atomic mass is 9.80. The topological polar surface area (TPSA) is 17.1 Å². The van der Waals surface area contributed by atoms with Crippen molar-refractivity contribution in [3.8, 4) is 0 Å². The maximum absolute atomic E-state index is 11.3. The molecule has 2 aromatic rings. The summed E-state index contributed by atoms with van der Waals surface area (Å²) in [5.74, 6) is 0.881. The Hall–Kier alpha value is -1.54. The van der Waals surface area contributed by atoms with E-state index in [4.69, 9.17) is 0 Å². The van der Waals surface area contributed by atoms with Crippen molar-refractivity contribution in [1.82, 2.24) is 0 Å². The molecule has 0 fully saturated rings. The predicted octanol–water partition coefficient (Wildman–Crippen LogP) is 5.63. The molecule has 1 nitrogen and oxygen atoms in total. The fourth-order valence-corrected chi connectivity index (χ4v) is 4.16. The summed E-state index contributed by atoms with van der Waals surface area (Å²) in [5.41, 5.74) is 2.96. The van der Waals surface area contributed by atoms with E-state index in [-0.39, 0.29) is 0 Å². The van der Waals surface area contributed by atoms with Crippen LogP contribution in [0.1, 0.15) is 49.7 Å². The zero-order valence-corrected chi connectivity index (χ0v) is 13.9. The molecular formula is C20H22OS. The summed E-state index contributed by atoms with van der Waals surface area (Å²) in [4.78, 5) is 13.9. The number of hydrogen-bond acceptors (Lipinski definition) is 2. The van der Waals surface area contributed by atoms with Gasteiger partial charge < -0.3 is 4.79 Å². The van der Waals surface area contributed by atoms with E-state index < -0.39 is 0 Å². The number of carbonyl (C=O) groups excluding carboxylic acids is 1. The van der Waals surface area contributed by atoms with Crippen molar-refractivity contribution in [1.29, 1.82) is 0 Å². The van der Waals surface area contributed by atoms with Crippen molar-refractivity contribution in [2.75, 3.05) is 0 Å². The van der Waals surface area contributed by atoms with Gasteiger partial charge in [0.2, 0.25) is 0 Å². The number of Topliss-reactive ketones (excluding diaryl/α,β-unsaturated/α-hetero) is 1. The first-order valence-corrected chi connectivity index (χ1v) is 8.89. The molecule has 2 heteroatoms. The molecule has 114 valence electrons. The summed E-state index contributed by atoms with van der Waals surface area (Å²) < 4.78 is 0. The molecule has 0 aliphatic heterocycles. The predicted molar refractivity (Wildman–Crippen MR) is 92.6 cm³/mol. The molecule has 0 amide bonds. The number of ketones is 1. The highest BCUT2D eigenvalue weighted by atomic mass is 32.2. The standard InChI is InChI=1S/C20H22OS/c1-15(21)10-11-16-6-5-7-17-14-19(12-13-20(16)17)22-18-8-3-2-4-9-18/h2-4,8-9,12-14,16H,5-7,10-11H2,1H3/t16-/m0/s1. The van der Waals surface area contributed by atoms with E-state index in [9.17, 15) is 4.79 Å². The molecule has 0 radical (unpaired) electrons. The van der Waals surface area contributed by atoms with Crippen molar-refractivity contribution >= 4 is 17.5 Å². The van der Waals surface area contributed by atoms with Crippen LogP contribution in [0.4, 0.5) is 0 Å². The molecular weight excluding hydrogens is 288 g/mol. The lowest BCUT2D eigenvalue weighted by Gasteiger charge is -2.25. The molecule has 3 rings (SSSR count). The summed E-state index contributed by atoms with van der Waals surface area (Å²) in [5, 5.41) is 0. The normalized spacial score (nSPS) is 17.0. The molecule has 0 heterocycles. The third-order valence-corrected chi connectivity index (χ3v) is 5.37. The van der Waals surface area contributed by atoms with Gasteiger partial charge in [0.15, 0.2) is 0 Å². The number of rotatable bonds is 5. The number of carbonyl (C=O) groups is 1. The minimum absolute atomic E-state index is 0.309. The van der Waals surface area contributed by atoms with Crippen LogP contribution in [-0.4, -0.2) is 5.78 Å². The van der Waals surface area contributed by atoms with Crippen LogP contribution in [0.5, 0.6) is 0 Å². The summed E-state index contributed by atoms with van der Waals surface area (Å²) in [6.45, 7) is 1.70. The summed E-state index contributed by atoms with van der Waals surface area (Å²) in [7, 11) is 0. The average molecular weight is 310 g/mol. The molecule has 0 saturated heterocycles. The van der Waals surface area contributed by atoms with Crippen LogP contribution in [0.2, 0.25) is 0 Å². The molecule has 0 saturated carbocycles. The zero-order valence-electron chi connectivity index (χ0n) is 13.0.